The van der Waals surface area contributed by atoms with E-state index in [1.807, 2.05) is 6.92 Å². The first-order valence-electron chi connectivity index (χ1n) is 7.13. The largest absolute Gasteiger partial charge is 0.374 e. The first-order chi connectivity index (χ1) is 8.72. The minimum atomic E-state index is 0.930. The Bertz CT molecular complexity index is 447. The second kappa shape index (κ2) is 6.03. The topological polar surface area (TPSA) is 24.4 Å². The molecule has 0 heterocycles. The number of aryl methyl sites for hydroxylation is 1. The minimum Gasteiger partial charge on any atom is -0.374 e. The zero-order valence-electron chi connectivity index (χ0n) is 11.8. The molecular formula is C16H24N2. The molecule has 1 aromatic carbocycles. The van der Waals surface area contributed by atoms with Gasteiger partial charge in [0, 0.05) is 6.54 Å². The molecule has 0 aliphatic heterocycles. The van der Waals surface area contributed by atoms with Gasteiger partial charge < -0.3 is 5.32 Å². The van der Waals surface area contributed by atoms with E-state index in [1.54, 1.807) is 11.1 Å². The lowest BCUT2D eigenvalue weighted by Gasteiger charge is -2.12. The fraction of sp³-hybridized carbons (Fsp3) is 0.562. The summed E-state index contributed by atoms with van der Waals surface area (Å²) < 4.78 is 0. The third-order valence-corrected chi connectivity index (χ3v) is 3.76. The van der Waals surface area contributed by atoms with E-state index in [0.717, 1.165) is 18.1 Å². The van der Waals surface area contributed by atoms with Gasteiger partial charge in [-0.25, -0.2) is 4.99 Å². The molecule has 18 heavy (non-hydrogen) atoms. The van der Waals surface area contributed by atoms with Gasteiger partial charge in [-0.3, -0.25) is 0 Å². The number of hydrogen-bond donors (Lipinski definition) is 1. The Balaban J connectivity index is 2.33. The van der Waals surface area contributed by atoms with Crippen LogP contribution in [0.5, 0.6) is 0 Å². The van der Waals surface area contributed by atoms with Gasteiger partial charge in [-0.2, -0.15) is 0 Å². The molecule has 2 rings (SSSR count). The maximum absolute atomic E-state index is 4.69. The van der Waals surface area contributed by atoms with Crippen LogP contribution in [-0.2, 0) is 12.8 Å². The first-order valence-corrected chi connectivity index (χ1v) is 7.13. The summed E-state index contributed by atoms with van der Waals surface area (Å²) in [5.74, 6) is 1.01. The van der Waals surface area contributed by atoms with Gasteiger partial charge in [0.05, 0.1) is 11.5 Å². The van der Waals surface area contributed by atoms with Crippen LogP contribution >= 0.6 is 0 Å². The molecular weight excluding hydrogens is 220 g/mol. The van der Waals surface area contributed by atoms with Gasteiger partial charge in [-0.05, 0) is 69.2 Å². The SMILES string of the molecule is CCN/C(C)=N\c1ccc2c(c1C)CCCCC2. The zero-order valence-corrected chi connectivity index (χ0v) is 11.8. The van der Waals surface area contributed by atoms with Gasteiger partial charge in [0.2, 0.25) is 0 Å². The highest BCUT2D eigenvalue weighted by atomic mass is 15.0. The smallest absolute Gasteiger partial charge is 0.0990 e. The summed E-state index contributed by atoms with van der Waals surface area (Å²) in [5.41, 5.74) is 5.61. The first kappa shape index (κ1) is 13.1. The molecule has 0 saturated carbocycles. The van der Waals surface area contributed by atoms with Crippen molar-refractivity contribution in [2.75, 3.05) is 6.54 Å². The van der Waals surface area contributed by atoms with Crippen LogP contribution in [0.25, 0.3) is 0 Å². The quantitative estimate of drug-likeness (QED) is 0.476. The van der Waals surface area contributed by atoms with Gasteiger partial charge >= 0.3 is 0 Å². The van der Waals surface area contributed by atoms with Crippen LogP contribution in [0.3, 0.4) is 0 Å². The molecule has 2 heteroatoms. The molecule has 0 saturated heterocycles. The van der Waals surface area contributed by atoms with Gasteiger partial charge in [0.25, 0.3) is 0 Å². The van der Waals surface area contributed by atoms with E-state index in [-0.39, 0.29) is 0 Å². The van der Waals surface area contributed by atoms with E-state index >= 15 is 0 Å². The molecule has 1 aliphatic carbocycles. The molecule has 2 nitrogen and oxygen atoms in total. The van der Waals surface area contributed by atoms with Crippen LogP contribution in [0, 0.1) is 6.92 Å². The number of amidine groups is 1. The average molecular weight is 244 g/mol. The number of nitrogens with zero attached hydrogens (tertiary/aromatic N) is 1. The van der Waals surface area contributed by atoms with Crippen molar-refractivity contribution in [2.24, 2.45) is 4.99 Å². The van der Waals surface area contributed by atoms with Gasteiger partial charge in [-0.15, -0.1) is 0 Å². The van der Waals surface area contributed by atoms with Crippen molar-refractivity contribution in [3.63, 3.8) is 0 Å². The second-order valence-corrected chi connectivity index (χ2v) is 5.14. The summed E-state index contributed by atoms with van der Waals surface area (Å²) in [6.45, 7) is 7.29. The van der Waals surface area contributed by atoms with Crippen molar-refractivity contribution in [3.8, 4) is 0 Å². The molecule has 0 unspecified atom stereocenters. The molecule has 0 fully saturated rings. The Morgan fingerprint density at radius 1 is 1.22 bits per heavy atom. The van der Waals surface area contributed by atoms with Gasteiger partial charge in [-0.1, -0.05) is 12.5 Å². The van der Waals surface area contributed by atoms with Crippen LogP contribution in [0.1, 0.15) is 49.8 Å². The summed E-state index contributed by atoms with van der Waals surface area (Å²) >= 11 is 0. The number of fused-ring (bicyclic) bond motifs is 1. The van der Waals surface area contributed by atoms with E-state index in [2.05, 4.69) is 31.3 Å². The van der Waals surface area contributed by atoms with Crippen molar-refractivity contribution in [3.05, 3.63) is 28.8 Å². The summed E-state index contributed by atoms with van der Waals surface area (Å²) in [6.07, 6.45) is 6.50. The molecule has 1 aromatic rings. The van der Waals surface area contributed by atoms with Crippen molar-refractivity contribution in [1.29, 1.82) is 0 Å². The third-order valence-electron chi connectivity index (χ3n) is 3.76. The summed E-state index contributed by atoms with van der Waals surface area (Å²) in [7, 11) is 0. The Morgan fingerprint density at radius 3 is 2.78 bits per heavy atom. The lowest BCUT2D eigenvalue weighted by Crippen LogP contribution is -2.18. The van der Waals surface area contributed by atoms with Crippen LogP contribution in [-0.4, -0.2) is 12.4 Å². The van der Waals surface area contributed by atoms with Crippen LogP contribution in [0.4, 0.5) is 5.69 Å². The van der Waals surface area contributed by atoms with Gasteiger partial charge in [0.15, 0.2) is 0 Å². The molecule has 0 amide bonds. The number of nitrogens with one attached hydrogen (secondary N) is 1. The van der Waals surface area contributed by atoms with Crippen molar-refractivity contribution in [1.82, 2.24) is 5.32 Å². The molecule has 0 bridgehead atoms. The normalized spacial score (nSPS) is 16.1. The highest BCUT2D eigenvalue weighted by molar-refractivity contribution is 5.83. The minimum absolute atomic E-state index is 0.930. The molecule has 1 N–H and O–H groups in total. The summed E-state index contributed by atoms with van der Waals surface area (Å²) in [5, 5.41) is 3.26. The Hall–Kier alpha value is -1.31. The number of aliphatic imine (C=N–C) groups is 1. The Labute approximate surface area is 111 Å². The molecule has 0 radical (unpaired) electrons. The molecule has 1 aliphatic rings. The van der Waals surface area contributed by atoms with Crippen molar-refractivity contribution in [2.45, 2.75) is 52.9 Å². The van der Waals surface area contributed by atoms with Crippen LogP contribution in [0.2, 0.25) is 0 Å². The van der Waals surface area contributed by atoms with Crippen LogP contribution < -0.4 is 5.32 Å². The fourth-order valence-corrected chi connectivity index (χ4v) is 2.77. The average Bonchev–Trinajstić information content (AvgIpc) is 2.59. The number of rotatable bonds is 2. The van der Waals surface area contributed by atoms with Gasteiger partial charge in [0.1, 0.15) is 0 Å². The highest BCUT2D eigenvalue weighted by Crippen LogP contribution is 2.30. The maximum atomic E-state index is 4.69. The fourth-order valence-electron chi connectivity index (χ4n) is 2.77. The number of hydrogen-bond acceptors (Lipinski definition) is 1. The molecule has 0 atom stereocenters. The van der Waals surface area contributed by atoms with E-state index in [9.17, 15) is 0 Å². The Kier molecular flexibility index (Phi) is 4.40. The standard InChI is InChI=1S/C16H24N2/c1-4-17-13(3)18-16-11-10-14-8-6-5-7-9-15(14)12(16)2/h10-11H,4-9H2,1-3H3,(H,17,18). The van der Waals surface area contributed by atoms with E-state index < -0.39 is 0 Å². The third kappa shape index (κ3) is 2.92. The summed E-state index contributed by atoms with van der Waals surface area (Å²) in [4.78, 5) is 4.69. The number of benzene rings is 1. The lowest BCUT2D eigenvalue weighted by atomic mass is 9.96. The van der Waals surface area contributed by atoms with Crippen molar-refractivity contribution >= 4 is 11.5 Å². The molecule has 0 spiro atoms. The highest BCUT2D eigenvalue weighted by Gasteiger charge is 2.12. The second-order valence-electron chi connectivity index (χ2n) is 5.14. The molecule has 0 aromatic heterocycles. The predicted molar refractivity (Wildman–Crippen MR) is 78.9 cm³/mol. The monoisotopic (exact) mass is 244 g/mol. The van der Waals surface area contributed by atoms with E-state index in [0.29, 0.717) is 0 Å². The Morgan fingerprint density at radius 2 is 2.00 bits per heavy atom. The predicted octanol–water partition coefficient (Wildman–Crippen LogP) is 3.92. The summed E-state index contributed by atoms with van der Waals surface area (Å²) in [6, 6.07) is 4.46. The van der Waals surface area contributed by atoms with Crippen molar-refractivity contribution < 1.29 is 0 Å². The van der Waals surface area contributed by atoms with Crippen LogP contribution in [0.15, 0.2) is 17.1 Å². The molecule has 98 valence electrons. The van der Waals surface area contributed by atoms with E-state index in [1.165, 1.54) is 37.7 Å². The van der Waals surface area contributed by atoms with E-state index in [4.69, 9.17) is 4.99 Å². The lowest BCUT2D eigenvalue weighted by molar-refractivity contribution is 0.711. The zero-order chi connectivity index (χ0) is 13.0. The maximum Gasteiger partial charge on any atom is 0.0990 e.